The smallest absolute Gasteiger partial charge is 0.207 e. The molecule has 4 rings (SSSR count). The van der Waals surface area contributed by atoms with Crippen molar-refractivity contribution in [2.24, 2.45) is 5.92 Å². The van der Waals surface area contributed by atoms with Gasteiger partial charge in [0.1, 0.15) is 0 Å². The average molecular weight is 375 g/mol. The fourth-order valence-corrected chi connectivity index (χ4v) is 7.44. The van der Waals surface area contributed by atoms with Crippen molar-refractivity contribution in [1.29, 1.82) is 0 Å². The lowest BCUT2D eigenvalue weighted by molar-refractivity contribution is 0.393. The van der Waals surface area contributed by atoms with Gasteiger partial charge in [-0.1, -0.05) is 73.7 Å². The van der Waals surface area contributed by atoms with E-state index in [2.05, 4.69) is 41.9 Å². The molecule has 3 heteroatoms. The van der Waals surface area contributed by atoms with Crippen LogP contribution in [0.2, 0.25) is 0 Å². The largest absolute Gasteiger partial charge is 0.296 e. The van der Waals surface area contributed by atoms with Gasteiger partial charge in [0, 0.05) is 23.2 Å². The van der Waals surface area contributed by atoms with E-state index in [1.165, 1.54) is 5.56 Å². The van der Waals surface area contributed by atoms with Gasteiger partial charge >= 0.3 is 0 Å². The molecule has 0 amide bonds. The Morgan fingerprint density at radius 3 is 1.81 bits per heavy atom. The lowest BCUT2D eigenvalue weighted by Gasteiger charge is -2.34. The van der Waals surface area contributed by atoms with Gasteiger partial charge in [0.25, 0.3) is 0 Å². The molecule has 2 atom stereocenters. The highest BCUT2D eigenvalue weighted by Gasteiger charge is 2.43. The van der Waals surface area contributed by atoms with E-state index in [4.69, 9.17) is 0 Å². The lowest BCUT2D eigenvalue weighted by Crippen LogP contribution is -2.37. The number of hydrogen-bond acceptors (Lipinski definition) is 1. The summed E-state index contributed by atoms with van der Waals surface area (Å²) in [6.07, 6.45) is 2.02. The molecule has 1 fully saturated rings. The highest BCUT2D eigenvalue weighted by Crippen LogP contribution is 2.52. The second kappa shape index (κ2) is 7.84. The van der Waals surface area contributed by atoms with Crippen LogP contribution in [-0.4, -0.2) is 17.3 Å². The van der Waals surface area contributed by atoms with Gasteiger partial charge in [-0.05, 0) is 48.6 Å². The average Bonchev–Trinajstić information content (AvgIpc) is 3.10. The van der Waals surface area contributed by atoms with E-state index < -0.39 is 7.29 Å². The minimum absolute atomic E-state index is 0.286. The van der Waals surface area contributed by atoms with Crippen molar-refractivity contribution in [3.8, 4) is 0 Å². The normalized spacial score (nSPS) is 20.6. The van der Waals surface area contributed by atoms with Crippen LogP contribution in [0.5, 0.6) is 0 Å². The lowest BCUT2D eigenvalue weighted by atomic mass is 10.0. The van der Waals surface area contributed by atoms with E-state index in [0.717, 1.165) is 30.0 Å². The molecule has 0 bridgehead atoms. The van der Waals surface area contributed by atoms with Crippen LogP contribution in [0.15, 0.2) is 91.0 Å². The summed E-state index contributed by atoms with van der Waals surface area (Å²) in [7, 11) is -2.87. The first-order chi connectivity index (χ1) is 13.2. The summed E-state index contributed by atoms with van der Waals surface area (Å²) in [5.41, 5.74) is 1.31. The van der Waals surface area contributed by atoms with Crippen LogP contribution < -0.4 is 10.6 Å². The number of nitrogens with zero attached hydrogens (tertiary/aromatic N) is 1. The first kappa shape index (κ1) is 18.2. The third kappa shape index (κ3) is 3.65. The summed E-state index contributed by atoms with van der Waals surface area (Å²) in [6.45, 7) is 3.15. The van der Waals surface area contributed by atoms with E-state index >= 15 is 0 Å². The highest BCUT2D eigenvalue weighted by molar-refractivity contribution is 7.76. The van der Waals surface area contributed by atoms with Crippen molar-refractivity contribution in [2.75, 3.05) is 6.54 Å². The summed E-state index contributed by atoms with van der Waals surface area (Å²) in [6, 6.07) is 30.9. The summed E-state index contributed by atoms with van der Waals surface area (Å²) in [5.74, 6) is 0.541. The van der Waals surface area contributed by atoms with Crippen molar-refractivity contribution in [3.63, 3.8) is 0 Å². The van der Waals surface area contributed by atoms with Crippen molar-refractivity contribution >= 4 is 17.9 Å². The summed E-state index contributed by atoms with van der Waals surface area (Å²) in [4.78, 5) is 0. The molecule has 27 heavy (non-hydrogen) atoms. The third-order valence-corrected chi connectivity index (χ3v) is 8.69. The monoisotopic (exact) mass is 375 g/mol. The van der Waals surface area contributed by atoms with Gasteiger partial charge in [-0.25, -0.2) is 4.67 Å². The Morgan fingerprint density at radius 1 is 0.815 bits per heavy atom. The van der Waals surface area contributed by atoms with Crippen LogP contribution in [-0.2, 0) is 11.0 Å². The maximum Gasteiger partial charge on any atom is 0.207 e. The molecule has 0 spiro atoms. The summed E-state index contributed by atoms with van der Waals surface area (Å²) >= 11 is 0. The first-order valence-corrected chi connectivity index (χ1v) is 11.4. The third-order valence-electron chi connectivity index (χ3n) is 5.48. The molecular formula is C24H26NOP. The summed E-state index contributed by atoms with van der Waals surface area (Å²) in [5, 5.41) is 1.87. The highest BCUT2D eigenvalue weighted by atomic mass is 31.2. The molecule has 2 nitrogen and oxygen atoms in total. The molecule has 3 aromatic rings. The van der Waals surface area contributed by atoms with E-state index in [1.807, 2.05) is 60.7 Å². The Bertz CT molecular complexity index is 867. The van der Waals surface area contributed by atoms with Gasteiger partial charge < -0.3 is 0 Å². The Morgan fingerprint density at radius 2 is 1.30 bits per heavy atom. The van der Waals surface area contributed by atoms with Gasteiger partial charge in [-0.15, -0.1) is 0 Å². The molecular weight excluding hydrogens is 349 g/mol. The molecule has 0 N–H and O–H groups in total. The molecule has 3 aromatic carbocycles. The van der Waals surface area contributed by atoms with Gasteiger partial charge in [0.15, 0.2) is 0 Å². The maximum absolute atomic E-state index is 14.7. The van der Waals surface area contributed by atoms with Crippen molar-refractivity contribution in [1.82, 2.24) is 4.67 Å². The predicted molar refractivity (Wildman–Crippen MR) is 114 cm³/mol. The fourth-order valence-electron chi connectivity index (χ4n) is 4.25. The Kier molecular flexibility index (Phi) is 5.29. The van der Waals surface area contributed by atoms with E-state index in [0.29, 0.717) is 5.92 Å². The minimum atomic E-state index is -2.87. The van der Waals surface area contributed by atoms with E-state index in [9.17, 15) is 4.57 Å². The topological polar surface area (TPSA) is 20.3 Å². The number of rotatable bonds is 5. The van der Waals surface area contributed by atoms with Crippen LogP contribution in [0.1, 0.15) is 18.9 Å². The van der Waals surface area contributed by atoms with Crippen LogP contribution in [0.4, 0.5) is 0 Å². The SMILES string of the molecule is C[C@H]1C[C@@H](Cc2ccccc2)N(P(=O)(c2ccccc2)c2ccccc2)C1. The molecule has 0 aliphatic carbocycles. The molecule has 0 aromatic heterocycles. The van der Waals surface area contributed by atoms with Gasteiger partial charge in [0.2, 0.25) is 7.29 Å². The molecule has 1 aliphatic heterocycles. The molecule has 138 valence electrons. The summed E-state index contributed by atoms with van der Waals surface area (Å²) < 4.78 is 17.0. The van der Waals surface area contributed by atoms with E-state index in [-0.39, 0.29) is 6.04 Å². The maximum atomic E-state index is 14.7. The second-order valence-electron chi connectivity index (χ2n) is 7.55. The van der Waals surface area contributed by atoms with Crippen molar-refractivity contribution < 1.29 is 4.57 Å². The zero-order valence-electron chi connectivity index (χ0n) is 15.7. The van der Waals surface area contributed by atoms with Crippen LogP contribution >= 0.6 is 7.29 Å². The van der Waals surface area contributed by atoms with E-state index in [1.54, 1.807) is 0 Å². The Hall–Kier alpha value is -2.15. The standard InChI is InChI=1S/C24H26NOP/c1-20-17-22(18-21-11-5-2-6-12-21)25(19-20)27(26,23-13-7-3-8-14-23)24-15-9-4-10-16-24/h2-16,20,22H,17-19H2,1H3/t20-,22-/m0/s1. The van der Waals surface area contributed by atoms with Crippen molar-refractivity contribution in [2.45, 2.75) is 25.8 Å². The molecule has 1 saturated heterocycles. The molecule has 0 radical (unpaired) electrons. The predicted octanol–water partition coefficient (Wildman–Crippen LogP) is 4.87. The van der Waals surface area contributed by atoms with Gasteiger partial charge in [-0.3, -0.25) is 4.57 Å². The van der Waals surface area contributed by atoms with Gasteiger partial charge in [-0.2, -0.15) is 0 Å². The van der Waals surface area contributed by atoms with Gasteiger partial charge in [0.05, 0.1) is 0 Å². The molecule has 1 aliphatic rings. The molecule has 1 heterocycles. The quantitative estimate of drug-likeness (QED) is 0.593. The molecule has 0 unspecified atom stereocenters. The Balaban J connectivity index is 1.78. The van der Waals surface area contributed by atoms with Crippen LogP contribution in [0.25, 0.3) is 0 Å². The van der Waals surface area contributed by atoms with Crippen LogP contribution in [0, 0.1) is 5.92 Å². The van der Waals surface area contributed by atoms with Crippen molar-refractivity contribution in [3.05, 3.63) is 96.6 Å². The minimum Gasteiger partial charge on any atom is -0.296 e. The number of benzene rings is 3. The zero-order chi connectivity index (χ0) is 18.7. The molecule has 0 saturated carbocycles. The number of hydrogen-bond donors (Lipinski definition) is 0. The fraction of sp³-hybridized carbons (Fsp3) is 0.250. The second-order valence-corrected chi connectivity index (χ2v) is 10.3. The zero-order valence-corrected chi connectivity index (χ0v) is 16.6. The van der Waals surface area contributed by atoms with Crippen LogP contribution in [0.3, 0.4) is 0 Å². The Labute approximate surface area is 162 Å². The first-order valence-electron chi connectivity index (χ1n) is 9.70.